The predicted octanol–water partition coefficient (Wildman–Crippen LogP) is 2.27. The summed E-state index contributed by atoms with van der Waals surface area (Å²) in [4.78, 5) is 69.6. The van der Waals surface area contributed by atoms with Crippen LogP contribution in [0.2, 0.25) is 0 Å². The van der Waals surface area contributed by atoms with Crippen LogP contribution in [0.3, 0.4) is 0 Å². The standard InChI is InChI=1S/C33H26O9/c34-21-31(40,27(36)23-15-7-2-8-16-23)33(42,29(38)25-19-11-4-12-20-25)32(41,28(37)24-17-9-3-10-18-24)30(39)26(35)22-13-5-1-6-14-22/h1-20,34,40-42H,21H2/t31-,32-,33+/m1/s1. The minimum Gasteiger partial charge on any atom is -0.393 e. The number of aliphatic hydroxyl groups excluding tert-OH is 1. The first-order chi connectivity index (χ1) is 20.0. The molecule has 0 fully saturated rings. The molecular weight excluding hydrogens is 540 g/mol. The highest BCUT2D eigenvalue weighted by Gasteiger charge is 2.75. The molecule has 9 nitrogen and oxygen atoms in total. The van der Waals surface area contributed by atoms with Gasteiger partial charge < -0.3 is 20.4 Å². The average Bonchev–Trinajstić information content (AvgIpc) is 3.06. The Hall–Kier alpha value is -4.93. The van der Waals surface area contributed by atoms with Gasteiger partial charge in [0.15, 0.2) is 11.4 Å². The van der Waals surface area contributed by atoms with Gasteiger partial charge in [0.1, 0.15) is 0 Å². The zero-order valence-corrected chi connectivity index (χ0v) is 22.1. The molecule has 4 rings (SSSR count). The molecule has 4 N–H and O–H groups in total. The molecule has 0 amide bonds. The van der Waals surface area contributed by atoms with Gasteiger partial charge in [-0.05, 0) is 0 Å². The van der Waals surface area contributed by atoms with Crippen molar-refractivity contribution in [3.8, 4) is 0 Å². The second-order valence-corrected chi connectivity index (χ2v) is 9.55. The van der Waals surface area contributed by atoms with Gasteiger partial charge in [-0.25, -0.2) is 0 Å². The number of hydrogen-bond donors (Lipinski definition) is 4. The van der Waals surface area contributed by atoms with E-state index in [0.717, 1.165) is 24.3 Å². The van der Waals surface area contributed by atoms with E-state index in [1.54, 1.807) is 0 Å². The highest BCUT2D eigenvalue weighted by atomic mass is 16.4. The molecule has 0 aliphatic rings. The summed E-state index contributed by atoms with van der Waals surface area (Å²) in [6.45, 7) is -1.74. The van der Waals surface area contributed by atoms with E-state index in [9.17, 15) is 44.4 Å². The molecule has 212 valence electrons. The van der Waals surface area contributed by atoms with Crippen LogP contribution in [-0.2, 0) is 4.79 Å². The molecule has 4 aromatic rings. The second kappa shape index (κ2) is 11.9. The van der Waals surface area contributed by atoms with Crippen molar-refractivity contribution < 1.29 is 44.4 Å². The molecule has 0 unspecified atom stereocenters. The van der Waals surface area contributed by atoms with Gasteiger partial charge in [-0.1, -0.05) is 121 Å². The van der Waals surface area contributed by atoms with Crippen LogP contribution in [0.25, 0.3) is 0 Å². The Balaban J connectivity index is 2.09. The Morgan fingerprint density at radius 3 is 1.19 bits per heavy atom. The first-order valence-corrected chi connectivity index (χ1v) is 12.8. The lowest BCUT2D eigenvalue weighted by Gasteiger charge is -2.47. The minimum atomic E-state index is -4.14. The molecule has 0 saturated carbocycles. The van der Waals surface area contributed by atoms with Crippen LogP contribution in [0.5, 0.6) is 0 Å². The smallest absolute Gasteiger partial charge is 0.246 e. The lowest BCUT2D eigenvalue weighted by Crippen LogP contribution is -2.80. The summed E-state index contributed by atoms with van der Waals surface area (Å²) >= 11 is 0. The first kappa shape index (κ1) is 30.0. The molecule has 0 aliphatic carbocycles. The number of Topliss-reactive ketones (excluding diaryl/α,β-unsaturated/α-hetero) is 5. The van der Waals surface area contributed by atoms with Crippen molar-refractivity contribution in [2.45, 2.75) is 16.8 Å². The van der Waals surface area contributed by atoms with Crippen LogP contribution in [0.4, 0.5) is 0 Å². The fraction of sp³-hybridized carbons (Fsp3) is 0.121. The average molecular weight is 567 g/mol. The van der Waals surface area contributed by atoms with Crippen LogP contribution in [0.15, 0.2) is 121 Å². The van der Waals surface area contributed by atoms with Crippen LogP contribution in [0.1, 0.15) is 41.4 Å². The van der Waals surface area contributed by atoms with Crippen molar-refractivity contribution in [3.05, 3.63) is 144 Å². The summed E-state index contributed by atoms with van der Waals surface area (Å²) in [6.07, 6.45) is 0. The number of aliphatic hydroxyl groups is 4. The largest absolute Gasteiger partial charge is 0.393 e. The molecule has 42 heavy (non-hydrogen) atoms. The van der Waals surface area contributed by atoms with E-state index in [2.05, 4.69) is 0 Å². The fourth-order valence-corrected chi connectivity index (χ4v) is 4.74. The van der Waals surface area contributed by atoms with E-state index in [4.69, 9.17) is 0 Å². The fourth-order valence-electron chi connectivity index (χ4n) is 4.74. The monoisotopic (exact) mass is 566 g/mol. The third kappa shape index (κ3) is 4.80. The summed E-state index contributed by atoms with van der Waals surface area (Å²) < 4.78 is 0. The number of benzene rings is 4. The molecular formula is C33H26O9. The molecule has 0 heterocycles. The predicted molar refractivity (Wildman–Crippen MR) is 150 cm³/mol. The first-order valence-electron chi connectivity index (χ1n) is 12.8. The van der Waals surface area contributed by atoms with E-state index in [1.165, 1.54) is 97.1 Å². The van der Waals surface area contributed by atoms with Crippen molar-refractivity contribution in [1.29, 1.82) is 0 Å². The van der Waals surface area contributed by atoms with Gasteiger partial charge in [0.25, 0.3) is 0 Å². The molecule has 9 heteroatoms. The molecule has 0 aliphatic heterocycles. The van der Waals surface area contributed by atoms with Gasteiger partial charge in [0, 0.05) is 22.3 Å². The van der Waals surface area contributed by atoms with Gasteiger partial charge in [0.05, 0.1) is 6.61 Å². The third-order valence-corrected chi connectivity index (χ3v) is 7.06. The summed E-state index contributed by atoms with van der Waals surface area (Å²) in [5, 5.41) is 47.0. The molecule has 0 bridgehead atoms. The summed E-state index contributed by atoms with van der Waals surface area (Å²) in [6, 6.07) is 26.3. The normalized spacial score (nSPS) is 15.3. The van der Waals surface area contributed by atoms with Gasteiger partial charge in [0.2, 0.25) is 34.3 Å². The third-order valence-electron chi connectivity index (χ3n) is 7.06. The quantitative estimate of drug-likeness (QED) is 0.114. The van der Waals surface area contributed by atoms with Crippen molar-refractivity contribution in [3.63, 3.8) is 0 Å². The van der Waals surface area contributed by atoms with E-state index >= 15 is 0 Å². The maximum absolute atomic E-state index is 14.2. The summed E-state index contributed by atoms with van der Waals surface area (Å²) in [5.74, 6) is -8.37. The molecule has 4 aromatic carbocycles. The molecule has 0 spiro atoms. The summed E-state index contributed by atoms with van der Waals surface area (Å²) in [7, 11) is 0. The maximum Gasteiger partial charge on any atom is 0.246 e. The van der Waals surface area contributed by atoms with E-state index in [1.807, 2.05) is 0 Å². The number of ketones is 5. The topological polar surface area (TPSA) is 166 Å². The number of carbonyl (C=O) groups is 5. The highest BCUT2D eigenvalue weighted by molar-refractivity contribution is 6.52. The van der Waals surface area contributed by atoms with Crippen LogP contribution >= 0.6 is 0 Å². The Morgan fingerprint density at radius 2 is 0.810 bits per heavy atom. The maximum atomic E-state index is 14.2. The molecule has 0 radical (unpaired) electrons. The van der Waals surface area contributed by atoms with Gasteiger partial charge in [-0.15, -0.1) is 0 Å². The second-order valence-electron chi connectivity index (χ2n) is 9.55. The number of carbonyl (C=O) groups excluding carboxylic acids is 5. The zero-order chi connectivity index (χ0) is 30.5. The zero-order valence-electron chi connectivity index (χ0n) is 22.1. The Labute approximate surface area is 240 Å². The number of rotatable bonds is 12. The molecule has 0 aromatic heterocycles. The number of hydrogen-bond acceptors (Lipinski definition) is 9. The van der Waals surface area contributed by atoms with E-state index in [0.29, 0.717) is 0 Å². The minimum absolute atomic E-state index is 0.321. The Kier molecular flexibility index (Phi) is 8.51. The summed E-state index contributed by atoms with van der Waals surface area (Å²) in [5.41, 5.74) is -13.6. The van der Waals surface area contributed by atoms with Crippen LogP contribution in [0, 0.1) is 0 Å². The highest BCUT2D eigenvalue weighted by Crippen LogP contribution is 2.42. The van der Waals surface area contributed by atoms with Crippen LogP contribution in [-0.4, -0.2) is 72.8 Å². The van der Waals surface area contributed by atoms with Crippen molar-refractivity contribution in [2.24, 2.45) is 0 Å². The van der Waals surface area contributed by atoms with Gasteiger partial charge >= 0.3 is 0 Å². The Morgan fingerprint density at radius 1 is 0.476 bits per heavy atom. The molecule has 3 atom stereocenters. The Bertz CT molecular complexity index is 1620. The van der Waals surface area contributed by atoms with E-state index in [-0.39, 0.29) is 11.1 Å². The van der Waals surface area contributed by atoms with Crippen LogP contribution < -0.4 is 0 Å². The lowest BCUT2D eigenvalue weighted by atomic mass is 9.60. The van der Waals surface area contributed by atoms with Crippen molar-refractivity contribution in [2.75, 3.05) is 6.61 Å². The van der Waals surface area contributed by atoms with Gasteiger partial charge in [-0.2, -0.15) is 0 Å². The molecule has 0 saturated heterocycles. The van der Waals surface area contributed by atoms with Gasteiger partial charge in [-0.3, -0.25) is 24.0 Å². The SMILES string of the molecule is O=C(C(=O)[C@](O)(C(=O)c1ccccc1)[C@](O)(C(=O)c1ccccc1)[C@@](O)(CO)C(=O)c1ccccc1)c1ccccc1. The van der Waals surface area contributed by atoms with Crippen molar-refractivity contribution >= 4 is 28.9 Å². The lowest BCUT2D eigenvalue weighted by molar-refractivity contribution is -0.192. The van der Waals surface area contributed by atoms with Crippen molar-refractivity contribution in [1.82, 2.24) is 0 Å². The van der Waals surface area contributed by atoms with E-state index < -0.39 is 63.5 Å².